The number of fused-ring (bicyclic) bond motifs is 4. The van der Waals surface area contributed by atoms with Gasteiger partial charge in [-0.1, -0.05) is 48.5 Å². The first kappa shape index (κ1) is 26.0. The Morgan fingerprint density at radius 2 is 0.973 bits per heavy atom. The zero-order valence-corrected chi connectivity index (χ0v) is 21.2. The van der Waals surface area contributed by atoms with E-state index in [4.69, 9.17) is 9.47 Å². The molecule has 0 N–H and O–H groups in total. The first-order chi connectivity index (χ1) is 17.3. The van der Waals surface area contributed by atoms with Crippen molar-refractivity contribution >= 4 is 11.9 Å². The third-order valence-corrected chi connectivity index (χ3v) is 6.48. The minimum absolute atomic E-state index is 0. The number of carbonyl (C=O) groups is 2. The molecule has 37 heavy (non-hydrogen) atoms. The van der Waals surface area contributed by atoms with E-state index in [0.29, 0.717) is 46.6 Å². The fourth-order valence-electron chi connectivity index (χ4n) is 4.72. The van der Waals surface area contributed by atoms with Crippen LogP contribution >= 0.6 is 0 Å². The van der Waals surface area contributed by atoms with Crippen LogP contribution in [-0.2, 0) is 29.6 Å². The van der Waals surface area contributed by atoms with Crippen molar-refractivity contribution in [1.82, 2.24) is 0 Å². The van der Waals surface area contributed by atoms with Crippen molar-refractivity contribution in [3.05, 3.63) is 117 Å². The van der Waals surface area contributed by atoms with Gasteiger partial charge < -0.3 is 29.3 Å². The molecule has 0 unspecified atom stereocenters. The first-order valence-corrected chi connectivity index (χ1v) is 11.5. The standard InChI is InChI=1S/2C15H12O3.Co/c2*1-9-6-7-13-11(14(9)15(16)17)8-10-4-2-3-5-12(10)18-13;/h2*2-7H,8H2,1H3,(H,16,17);/q;;+2/p-2. The molecule has 0 spiro atoms. The molecule has 0 saturated carbocycles. The topological polar surface area (TPSA) is 98.7 Å². The van der Waals surface area contributed by atoms with Gasteiger partial charge in [-0.15, -0.1) is 0 Å². The predicted octanol–water partition coefficient (Wildman–Crippen LogP) is 4.11. The van der Waals surface area contributed by atoms with Crippen molar-refractivity contribution in [3.8, 4) is 23.0 Å². The summed E-state index contributed by atoms with van der Waals surface area (Å²) in [6.45, 7) is 3.54. The van der Waals surface area contributed by atoms with Gasteiger partial charge in [-0.05, 0) is 60.4 Å². The molecule has 0 bridgehead atoms. The summed E-state index contributed by atoms with van der Waals surface area (Å²) in [7, 11) is 0. The van der Waals surface area contributed by atoms with Gasteiger partial charge in [-0.25, -0.2) is 0 Å². The molecular formula is C30H22CoO6. The zero-order chi connectivity index (χ0) is 25.4. The van der Waals surface area contributed by atoms with Crippen LogP contribution in [0.15, 0.2) is 72.8 Å². The summed E-state index contributed by atoms with van der Waals surface area (Å²) in [6, 6.07) is 22.4. The van der Waals surface area contributed by atoms with Gasteiger partial charge in [0.05, 0.1) is 11.9 Å². The number of rotatable bonds is 2. The maximum atomic E-state index is 11.2. The Balaban J connectivity index is 0.000000168. The summed E-state index contributed by atoms with van der Waals surface area (Å²) < 4.78 is 11.5. The van der Waals surface area contributed by atoms with E-state index in [9.17, 15) is 19.8 Å². The van der Waals surface area contributed by atoms with Crippen LogP contribution in [0.3, 0.4) is 0 Å². The third-order valence-electron chi connectivity index (χ3n) is 6.48. The van der Waals surface area contributed by atoms with Gasteiger partial charge >= 0.3 is 16.8 Å². The molecule has 7 heteroatoms. The number of hydrogen-bond acceptors (Lipinski definition) is 6. The van der Waals surface area contributed by atoms with E-state index in [1.54, 1.807) is 26.0 Å². The summed E-state index contributed by atoms with van der Waals surface area (Å²) in [6.07, 6.45) is 1.13. The van der Waals surface area contributed by atoms with Crippen LogP contribution in [-0.4, -0.2) is 11.9 Å². The molecule has 0 fully saturated rings. The van der Waals surface area contributed by atoms with Crippen LogP contribution in [0.4, 0.5) is 0 Å². The number of benzene rings is 4. The van der Waals surface area contributed by atoms with Gasteiger partial charge in [0.15, 0.2) is 0 Å². The molecule has 0 saturated heterocycles. The van der Waals surface area contributed by atoms with Crippen molar-refractivity contribution in [2.45, 2.75) is 26.7 Å². The van der Waals surface area contributed by atoms with E-state index in [-0.39, 0.29) is 27.9 Å². The monoisotopic (exact) mass is 537 g/mol. The predicted molar refractivity (Wildman–Crippen MR) is 130 cm³/mol. The van der Waals surface area contributed by atoms with Crippen molar-refractivity contribution < 1.29 is 46.1 Å². The largest absolute Gasteiger partial charge is 2.00 e. The van der Waals surface area contributed by atoms with E-state index in [1.165, 1.54) is 0 Å². The molecule has 187 valence electrons. The Morgan fingerprint density at radius 3 is 1.35 bits per heavy atom. The second kappa shape index (κ2) is 10.5. The van der Waals surface area contributed by atoms with Crippen LogP contribution in [0.1, 0.15) is 54.1 Å². The van der Waals surface area contributed by atoms with E-state index >= 15 is 0 Å². The second-order valence-corrected chi connectivity index (χ2v) is 8.82. The SMILES string of the molecule is Cc1ccc2c(c1C(=O)[O-])Cc1ccccc1O2.Cc1ccc2c(c1C(=O)[O-])Cc1ccccc1O2.[Co+2]. The third kappa shape index (κ3) is 4.96. The minimum Gasteiger partial charge on any atom is -0.545 e. The molecule has 0 aliphatic carbocycles. The molecule has 4 aromatic carbocycles. The van der Waals surface area contributed by atoms with Gasteiger partial charge in [0.25, 0.3) is 0 Å². The molecule has 2 aliphatic rings. The van der Waals surface area contributed by atoms with Crippen molar-refractivity contribution in [2.75, 3.05) is 0 Å². The molecule has 6 rings (SSSR count). The van der Waals surface area contributed by atoms with Crippen LogP contribution in [0, 0.1) is 13.8 Å². The van der Waals surface area contributed by atoms with Crippen LogP contribution in [0.25, 0.3) is 0 Å². The van der Waals surface area contributed by atoms with Gasteiger partial charge in [0.2, 0.25) is 0 Å². The minimum atomic E-state index is -1.15. The van der Waals surface area contributed by atoms with E-state index in [2.05, 4.69) is 0 Å². The summed E-state index contributed by atoms with van der Waals surface area (Å²) in [4.78, 5) is 22.5. The van der Waals surface area contributed by atoms with E-state index in [0.717, 1.165) is 22.6 Å². The molecule has 6 nitrogen and oxygen atoms in total. The van der Waals surface area contributed by atoms with Gasteiger partial charge in [-0.3, -0.25) is 0 Å². The number of carboxylic acids is 2. The fraction of sp³-hybridized carbons (Fsp3) is 0.133. The number of para-hydroxylation sites is 2. The van der Waals surface area contributed by atoms with Crippen LogP contribution in [0.2, 0.25) is 0 Å². The molecular weight excluding hydrogens is 515 g/mol. The van der Waals surface area contributed by atoms with Crippen LogP contribution < -0.4 is 19.7 Å². The molecule has 2 aliphatic heterocycles. The number of aryl methyl sites for hydroxylation is 2. The maximum Gasteiger partial charge on any atom is 2.00 e. The molecule has 1 radical (unpaired) electrons. The number of aromatic carboxylic acids is 2. The van der Waals surface area contributed by atoms with E-state index in [1.807, 2.05) is 60.7 Å². The molecule has 4 aromatic rings. The Labute approximate surface area is 224 Å². The Kier molecular flexibility index (Phi) is 7.38. The number of hydrogen-bond donors (Lipinski definition) is 0. The average Bonchev–Trinajstić information content (AvgIpc) is 2.86. The van der Waals surface area contributed by atoms with E-state index < -0.39 is 11.9 Å². The van der Waals surface area contributed by atoms with Crippen molar-refractivity contribution in [2.24, 2.45) is 0 Å². The second-order valence-electron chi connectivity index (χ2n) is 8.82. The summed E-state index contributed by atoms with van der Waals surface area (Å²) in [5, 5.41) is 22.5. The molecule has 2 heterocycles. The normalized spacial score (nSPS) is 11.9. The maximum absolute atomic E-state index is 11.2. The number of ether oxygens (including phenoxy) is 2. The Bertz CT molecular complexity index is 1410. The van der Waals surface area contributed by atoms with Gasteiger partial charge in [0.1, 0.15) is 23.0 Å². The van der Waals surface area contributed by atoms with Gasteiger partial charge in [0, 0.05) is 35.1 Å². The first-order valence-electron chi connectivity index (χ1n) is 11.5. The van der Waals surface area contributed by atoms with Crippen LogP contribution in [0.5, 0.6) is 23.0 Å². The molecule has 0 atom stereocenters. The summed E-state index contributed by atoms with van der Waals surface area (Å²) >= 11 is 0. The van der Waals surface area contributed by atoms with Crippen molar-refractivity contribution in [3.63, 3.8) is 0 Å². The average molecular weight is 537 g/mol. The smallest absolute Gasteiger partial charge is 0.545 e. The Morgan fingerprint density at radius 1 is 0.595 bits per heavy atom. The molecule has 0 aromatic heterocycles. The quantitative estimate of drug-likeness (QED) is 0.330. The Hall–Kier alpha value is -4.07. The summed E-state index contributed by atoms with van der Waals surface area (Å²) in [5.41, 5.74) is 5.32. The fourth-order valence-corrected chi connectivity index (χ4v) is 4.72. The molecule has 0 amide bonds. The zero-order valence-electron chi connectivity index (χ0n) is 20.1. The number of carboxylic acid groups (broad SMARTS) is 2. The number of carbonyl (C=O) groups excluding carboxylic acids is 2. The van der Waals surface area contributed by atoms with Crippen molar-refractivity contribution in [1.29, 1.82) is 0 Å². The summed E-state index contributed by atoms with van der Waals surface area (Å²) in [5.74, 6) is 0.507. The van der Waals surface area contributed by atoms with Gasteiger partial charge in [-0.2, -0.15) is 0 Å².